The molecule has 0 saturated carbocycles. The summed E-state index contributed by atoms with van der Waals surface area (Å²) in [6.45, 7) is 2.27. The second kappa shape index (κ2) is 6.93. The number of amides is 1. The Bertz CT molecular complexity index is 838. The van der Waals surface area contributed by atoms with Crippen LogP contribution in [0.2, 0.25) is 0 Å². The lowest BCUT2D eigenvalue weighted by Gasteiger charge is -2.27. The number of aromatic nitrogens is 4. The maximum absolute atomic E-state index is 12.4. The van der Waals surface area contributed by atoms with Crippen LogP contribution in [0.4, 0.5) is 0 Å². The van der Waals surface area contributed by atoms with Gasteiger partial charge in [0.1, 0.15) is 0 Å². The first kappa shape index (κ1) is 15.6. The van der Waals surface area contributed by atoms with E-state index in [0.29, 0.717) is 13.0 Å². The second-order valence-corrected chi connectivity index (χ2v) is 6.39. The van der Waals surface area contributed by atoms with Crippen molar-refractivity contribution in [2.75, 3.05) is 6.54 Å². The Hall–Kier alpha value is -2.89. The number of nitrogens with zero attached hydrogens (tertiary/aromatic N) is 4. The highest BCUT2D eigenvalue weighted by Gasteiger charge is 2.24. The van der Waals surface area contributed by atoms with E-state index < -0.39 is 0 Å². The van der Waals surface area contributed by atoms with Gasteiger partial charge in [-0.2, -0.15) is 5.10 Å². The number of nitrogens with one attached hydrogen (secondary N) is 1. The number of carbonyl (C=O) groups is 1. The molecule has 128 valence electrons. The minimum Gasteiger partial charge on any atom is -0.336 e. The van der Waals surface area contributed by atoms with Gasteiger partial charge in [0.2, 0.25) is 5.91 Å². The van der Waals surface area contributed by atoms with Gasteiger partial charge in [-0.1, -0.05) is 30.3 Å². The van der Waals surface area contributed by atoms with Gasteiger partial charge in [-0.15, -0.1) is 0 Å². The van der Waals surface area contributed by atoms with E-state index in [2.05, 4.69) is 44.0 Å². The minimum absolute atomic E-state index is 0.119. The molecule has 0 saturated heterocycles. The number of rotatable bonds is 5. The first-order valence-electron chi connectivity index (χ1n) is 8.62. The molecule has 0 fully saturated rings. The standard InChI is InChI=1S/C19H21N5O/c25-19(12-16-6-9-21-22-16)23-11-8-18-17(13-23)20-14-24(18)10-7-15-4-2-1-3-5-15/h1-6,9,14H,7-8,10-13H2,(H,21,22). The third-order valence-electron chi connectivity index (χ3n) is 4.73. The zero-order chi connectivity index (χ0) is 17.1. The Morgan fingerprint density at radius 1 is 1.20 bits per heavy atom. The van der Waals surface area contributed by atoms with Gasteiger partial charge in [0, 0.05) is 37.1 Å². The fourth-order valence-electron chi connectivity index (χ4n) is 3.33. The van der Waals surface area contributed by atoms with E-state index in [9.17, 15) is 4.79 Å². The third kappa shape index (κ3) is 3.47. The molecule has 0 unspecified atom stereocenters. The molecule has 1 N–H and O–H groups in total. The van der Waals surface area contributed by atoms with Crippen LogP contribution in [0.5, 0.6) is 0 Å². The molecule has 1 aliphatic rings. The first-order valence-corrected chi connectivity index (χ1v) is 8.62. The molecule has 1 aliphatic heterocycles. The van der Waals surface area contributed by atoms with Crippen LogP contribution < -0.4 is 0 Å². The molecule has 6 heteroatoms. The van der Waals surface area contributed by atoms with Crippen LogP contribution in [0.3, 0.4) is 0 Å². The molecule has 1 amide bonds. The first-order chi connectivity index (χ1) is 12.3. The number of imidazole rings is 1. The molecule has 3 aromatic rings. The Labute approximate surface area is 146 Å². The van der Waals surface area contributed by atoms with Gasteiger partial charge in [0.25, 0.3) is 0 Å². The molecule has 25 heavy (non-hydrogen) atoms. The topological polar surface area (TPSA) is 66.8 Å². The van der Waals surface area contributed by atoms with Crippen LogP contribution in [0, 0.1) is 0 Å². The quantitative estimate of drug-likeness (QED) is 0.775. The number of fused-ring (bicyclic) bond motifs is 1. The Kier molecular flexibility index (Phi) is 4.33. The van der Waals surface area contributed by atoms with Gasteiger partial charge in [-0.3, -0.25) is 9.89 Å². The van der Waals surface area contributed by atoms with Crippen LogP contribution >= 0.6 is 0 Å². The number of benzene rings is 1. The van der Waals surface area contributed by atoms with Crippen molar-refractivity contribution in [2.45, 2.75) is 32.4 Å². The van der Waals surface area contributed by atoms with Crippen molar-refractivity contribution in [3.8, 4) is 0 Å². The van der Waals surface area contributed by atoms with E-state index in [1.54, 1.807) is 6.20 Å². The zero-order valence-electron chi connectivity index (χ0n) is 14.1. The van der Waals surface area contributed by atoms with Crippen LogP contribution in [0.15, 0.2) is 48.9 Å². The van der Waals surface area contributed by atoms with Crippen LogP contribution in [-0.2, 0) is 37.1 Å². The summed E-state index contributed by atoms with van der Waals surface area (Å²) in [5, 5.41) is 6.74. The lowest BCUT2D eigenvalue weighted by atomic mass is 10.1. The average molecular weight is 335 g/mol. The van der Waals surface area contributed by atoms with Crippen molar-refractivity contribution in [1.29, 1.82) is 0 Å². The second-order valence-electron chi connectivity index (χ2n) is 6.39. The minimum atomic E-state index is 0.119. The van der Waals surface area contributed by atoms with Gasteiger partial charge in [-0.25, -0.2) is 4.98 Å². The SMILES string of the molecule is O=C(Cc1ccn[nH]1)N1CCc2c(ncn2CCc2ccccc2)C1. The molecular formula is C19H21N5O. The van der Waals surface area contributed by atoms with Crippen molar-refractivity contribution in [2.24, 2.45) is 0 Å². The van der Waals surface area contributed by atoms with Gasteiger partial charge >= 0.3 is 0 Å². The van der Waals surface area contributed by atoms with Gasteiger partial charge in [-0.05, 0) is 18.1 Å². The molecule has 0 atom stereocenters. The normalized spacial score (nSPS) is 13.7. The summed E-state index contributed by atoms with van der Waals surface area (Å²) in [4.78, 5) is 18.9. The van der Waals surface area contributed by atoms with Crippen molar-refractivity contribution >= 4 is 5.91 Å². The lowest BCUT2D eigenvalue weighted by molar-refractivity contribution is -0.131. The fraction of sp³-hybridized carbons (Fsp3) is 0.316. The van der Waals surface area contributed by atoms with Gasteiger partial charge in [0.05, 0.1) is 25.0 Å². The highest BCUT2D eigenvalue weighted by molar-refractivity contribution is 5.78. The van der Waals surface area contributed by atoms with Crippen molar-refractivity contribution in [1.82, 2.24) is 24.6 Å². The molecule has 4 rings (SSSR count). The van der Waals surface area contributed by atoms with E-state index in [0.717, 1.165) is 37.3 Å². The molecular weight excluding hydrogens is 314 g/mol. The maximum Gasteiger partial charge on any atom is 0.228 e. The Balaban J connectivity index is 1.39. The Morgan fingerprint density at radius 2 is 2.08 bits per heavy atom. The monoisotopic (exact) mass is 335 g/mol. The summed E-state index contributed by atoms with van der Waals surface area (Å²) in [6.07, 6.45) is 5.80. The predicted molar refractivity (Wildman–Crippen MR) is 93.8 cm³/mol. The molecule has 6 nitrogen and oxygen atoms in total. The summed E-state index contributed by atoms with van der Waals surface area (Å²) in [6, 6.07) is 12.3. The van der Waals surface area contributed by atoms with E-state index in [1.165, 1.54) is 11.3 Å². The summed E-state index contributed by atoms with van der Waals surface area (Å²) >= 11 is 0. The van der Waals surface area contributed by atoms with E-state index in [4.69, 9.17) is 0 Å². The molecule has 0 bridgehead atoms. The highest BCUT2D eigenvalue weighted by atomic mass is 16.2. The number of hydrogen-bond acceptors (Lipinski definition) is 3. The molecule has 3 heterocycles. The predicted octanol–water partition coefficient (Wildman–Crippen LogP) is 1.98. The van der Waals surface area contributed by atoms with Crippen LogP contribution in [0.1, 0.15) is 22.6 Å². The average Bonchev–Trinajstić information content (AvgIpc) is 3.30. The third-order valence-corrected chi connectivity index (χ3v) is 4.73. The smallest absolute Gasteiger partial charge is 0.228 e. The maximum atomic E-state index is 12.4. The van der Waals surface area contributed by atoms with E-state index in [1.807, 2.05) is 23.4 Å². The number of aryl methyl sites for hydroxylation is 2. The van der Waals surface area contributed by atoms with Gasteiger partial charge in [0.15, 0.2) is 0 Å². The van der Waals surface area contributed by atoms with Gasteiger partial charge < -0.3 is 9.47 Å². The van der Waals surface area contributed by atoms with Crippen LogP contribution in [0.25, 0.3) is 0 Å². The number of carbonyl (C=O) groups excluding carboxylic acids is 1. The fourth-order valence-corrected chi connectivity index (χ4v) is 3.33. The highest BCUT2D eigenvalue weighted by Crippen LogP contribution is 2.19. The number of aromatic amines is 1. The van der Waals surface area contributed by atoms with E-state index in [-0.39, 0.29) is 5.91 Å². The van der Waals surface area contributed by atoms with Crippen molar-refractivity contribution < 1.29 is 4.79 Å². The summed E-state index contributed by atoms with van der Waals surface area (Å²) in [5.41, 5.74) is 4.47. The van der Waals surface area contributed by atoms with Crippen molar-refractivity contribution in [3.05, 3.63) is 71.6 Å². The summed E-state index contributed by atoms with van der Waals surface area (Å²) in [5.74, 6) is 0.119. The van der Waals surface area contributed by atoms with Crippen molar-refractivity contribution in [3.63, 3.8) is 0 Å². The lowest BCUT2D eigenvalue weighted by Crippen LogP contribution is -2.37. The molecule has 0 spiro atoms. The van der Waals surface area contributed by atoms with Crippen LogP contribution in [-0.4, -0.2) is 37.1 Å². The summed E-state index contributed by atoms with van der Waals surface area (Å²) < 4.78 is 2.24. The zero-order valence-corrected chi connectivity index (χ0v) is 14.1. The Morgan fingerprint density at radius 3 is 2.88 bits per heavy atom. The summed E-state index contributed by atoms with van der Waals surface area (Å²) in [7, 11) is 0. The van der Waals surface area contributed by atoms with E-state index >= 15 is 0 Å². The number of hydrogen-bond donors (Lipinski definition) is 1. The molecule has 0 aliphatic carbocycles. The number of H-pyrrole nitrogens is 1. The molecule has 0 radical (unpaired) electrons. The molecule has 1 aromatic carbocycles. The molecule has 2 aromatic heterocycles. The largest absolute Gasteiger partial charge is 0.336 e.